The first kappa shape index (κ1) is 15.3. The fourth-order valence-electron chi connectivity index (χ4n) is 2.86. The number of rotatable bonds is 6. The lowest BCUT2D eigenvalue weighted by atomic mass is 9.98. The van der Waals surface area contributed by atoms with Gasteiger partial charge in [0.05, 0.1) is 12.7 Å². The molecule has 1 aliphatic rings. The zero-order valence-corrected chi connectivity index (χ0v) is 12.7. The second-order valence-electron chi connectivity index (χ2n) is 5.87. The first-order valence-corrected chi connectivity index (χ1v) is 7.81. The maximum Gasteiger partial charge on any atom is 0.120 e. The average molecular weight is 277 g/mol. The Hall–Kier alpha value is -1.06. The first-order valence-electron chi connectivity index (χ1n) is 7.81. The molecule has 0 bridgehead atoms. The van der Waals surface area contributed by atoms with Gasteiger partial charge in [-0.15, -0.1) is 0 Å². The third kappa shape index (κ3) is 4.50. The molecule has 0 aromatic heterocycles. The Labute approximate surface area is 122 Å². The molecule has 1 aromatic carbocycles. The number of ether oxygens (including phenoxy) is 1. The Morgan fingerprint density at radius 2 is 2.05 bits per heavy atom. The van der Waals surface area contributed by atoms with Crippen LogP contribution in [0.15, 0.2) is 18.2 Å². The molecule has 20 heavy (non-hydrogen) atoms. The minimum Gasteiger partial charge on any atom is -0.508 e. The number of nitrogens with one attached hydrogen (secondary N) is 1. The summed E-state index contributed by atoms with van der Waals surface area (Å²) in [6.45, 7) is 5.64. The molecule has 0 amide bonds. The number of aryl methyl sites for hydroxylation is 1. The second-order valence-corrected chi connectivity index (χ2v) is 5.87. The van der Waals surface area contributed by atoms with Crippen LogP contribution in [0.4, 0.5) is 0 Å². The largest absolute Gasteiger partial charge is 0.508 e. The molecule has 1 atom stereocenters. The van der Waals surface area contributed by atoms with E-state index in [0.717, 1.165) is 24.3 Å². The van der Waals surface area contributed by atoms with Crippen LogP contribution in [0.5, 0.6) is 5.75 Å². The molecule has 1 saturated carbocycles. The Morgan fingerprint density at radius 3 is 2.75 bits per heavy atom. The van der Waals surface area contributed by atoms with Crippen LogP contribution in [0, 0.1) is 6.92 Å². The molecule has 1 aliphatic carbocycles. The molecule has 1 aromatic rings. The smallest absolute Gasteiger partial charge is 0.120 e. The predicted molar refractivity (Wildman–Crippen MR) is 82.1 cm³/mol. The zero-order chi connectivity index (χ0) is 14.4. The van der Waals surface area contributed by atoms with Crippen LogP contribution in [-0.4, -0.2) is 24.4 Å². The second kappa shape index (κ2) is 7.65. The standard InChI is InChI=1S/C17H27NO2/c1-13-8-9-16(17(19)12-13)14(2)18-10-11-20-15-6-4-3-5-7-15/h8-9,12,14-15,18-19H,3-7,10-11H2,1-2H3. The number of hydrogen-bond donors (Lipinski definition) is 2. The van der Waals surface area contributed by atoms with E-state index in [2.05, 4.69) is 12.2 Å². The SMILES string of the molecule is Cc1ccc(C(C)NCCOC2CCCCC2)c(O)c1. The minimum absolute atomic E-state index is 0.144. The highest BCUT2D eigenvalue weighted by molar-refractivity contribution is 5.37. The number of hydrogen-bond acceptors (Lipinski definition) is 3. The zero-order valence-electron chi connectivity index (χ0n) is 12.7. The van der Waals surface area contributed by atoms with Crippen molar-refractivity contribution < 1.29 is 9.84 Å². The lowest BCUT2D eigenvalue weighted by Crippen LogP contribution is -2.26. The van der Waals surface area contributed by atoms with Gasteiger partial charge < -0.3 is 15.2 Å². The van der Waals surface area contributed by atoms with Crippen molar-refractivity contribution in [3.63, 3.8) is 0 Å². The van der Waals surface area contributed by atoms with Gasteiger partial charge in [0.1, 0.15) is 5.75 Å². The molecule has 0 radical (unpaired) electrons. The van der Waals surface area contributed by atoms with Crippen molar-refractivity contribution in [2.75, 3.05) is 13.2 Å². The van der Waals surface area contributed by atoms with Crippen LogP contribution < -0.4 is 5.32 Å². The van der Waals surface area contributed by atoms with Crippen molar-refractivity contribution in [3.05, 3.63) is 29.3 Å². The summed E-state index contributed by atoms with van der Waals surface area (Å²) in [5.74, 6) is 0.373. The van der Waals surface area contributed by atoms with Crippen molar-refractivity contribution in [3.8, 4) is 5.75 Å². The summed E-state index contributed by atoms with van der Waals surface area (Å²) in [6, 6.07) is 5.98. The van der Waals surface area contributed by atoms with E-state index in [4.69, 9.17) is 4.74 Å². The predicted octanol–water partition coefficient (Wildman–Crippen LogP) is 3.70. The van der Waals surface area contributed by atoms with Crippen LogP contribution in [0.2, 0.25) is 0 Å². The maximum atomic E-state index is 9.95. The van der Waals surface area contributed by atoms with Crippen molar-refractivity contribution >= 4 is 0 Å². The maximum absolute atomic E-state index is 9.95. The quantitative estimate of drug-likeness (QED) is 0.779. The van der Waals surface area contributed by atoms with Gasteiger partial charge in [-0.25, -0.2) is 0 Å². The summed E-state index contributed by atoms with van der Waals surface area (Å²) in [7, 11) is 0. The number of aromatic hydroxyl groups is 1. The van der Waals surface area contributed by atoms with Gasteiger partial charge >= 0.3 is 0 Å². The highest BCUT2D eigenvalue weighted by atomic mass is 16.5. The minimum atomic E-state index is 0.144. The molecule has 0 spiro atoms. The van der Waals surface area contributed by atoms with Gasteiger partial charge in [0, 0.05) is 18.2 Å². The average Bonchev–Trinajstić information content (AvgIpc) is 2.44. The molecule has 2 N–H and O–H groups in total. The van der Waals surface area contributed by atoms with Crippen LogP contribution in [0.3, 0.4) is 0 Å². The summed E-state index contributed by atoms with van der Waals surface area (Å²) >= 11 is 0. The van der Waals surface area contributed by atoms with Crippen LogP contribution in [0.1, 0.15) is 56.2 Å². The molecule has 1 fully saturated rings. The van der Waals surface area contributed by atoms with Gasteiger partial charge in [-0.05, 0) is 38.3 Å². The number of phenolic OH excluding ortho intramolecular Hbond substituents is 1. The third-order valence-electron chi connectivity index (χ3n) is 4.11. The van der Waals surface area contributed by atoms with E-state index in [1.54, 1.807) is 0 Å². The molecule has 3 nitrogen and oxygen atoms in total. The molecule has 0 heterocycles. The normalized spacial score (nSPS) is 18.1. The molecule has 2 rings (SSSR count). The highest BCUT2D eigenvalue weighted by Crippen LogP contribution is 2.25. The molecular formula is C17H27NO2. The molecule has 1 unspecified atom stereocenters. The van der Waals surface area contributed by atoms with E-state index >= 15 is 0 Å². The number of benzene rings is 1. The summed E-state index contributed by atoms with van der Waals surface area (Å²) in [5.41, 5.74) is 2.03. The van der Waals surface area contributed by atoms with Crippen LogP contribution in [0.25, 0.3) is 0 Å². The van der Waals surface area contributed by atoms with E-state index in [9.17, 15) is 5.11 Å². The van der Waals surface area contributed by atoms with Crippen LogP contribution in [-0.2, 0) is 4.74 Å². The lowest BCUT2D eigenvalue weighted by molar-refractivity contribution is 0.0295. The van der Waals surface area contributed by atoms with Crippen LogP contribution >= 0.6 is 0 Å². The Morgan fingerprint density at radius 1 is 1.30 bits per heavy atom. The van der Waals surface area contributed by atoms with Crippen molar-refractivity contribution in [2.45, 2.75) is 58.1 Å². The molecule has 3 heteroatoms. The van der Waals surface area contributed by atoms with Gasteiger partial charge in [-0.1, -0.05) is 31.4 Å². The van der Waals surface area contributed by atoms with Gasteiger partial charge in [0.25, 0.3) is 0 Å². The molecule has 112 valence electrons. The molecular weight excluding hydrogens is 250 g/mol. The van der Waals surface area contributed by atoms with Gasteiger partial charge in [-0.2, -0.15) is 0 Å². The fourth-order valence-corrected chi connectivity index (χ4v) is 2.86. The summed E-state index contributed by atoms with van der Waals surface area (Å²) in [4.78, 5) is 0. The lowest BCUT2D eigenvalue weighted by Gasteiger charge is -2.23. The number of phenols is 1. The molecule has 0 saturated heterocycles. The summed E-state index contributed by atoms with van der Waals surface area (Å²) in [5, 5.41) is 13.4. The fraction of sp³-hybridized carbons (Fsp3) is 0.647. The van der Waals surface area contributed by atoms with E-state index in [1.165, 1.54) is 32.1 Å². The Bertz CT molecular complexity index is 413. The first-order chi connectivity index (χ1) is 9.66. The molecule has 0 aliphatic heterocycles. The van der Waals surface area contributed by atoms with E-state index in [-0.39, 0.29) is 6.04 Å². The Kier molecular flexibility index (Phi) is 5.86. The van der Waals surface area contributed by atoms with Crippen molar-refractivity contribution in [2.24, 2.45) is 0 Å². The monoisotopic (exact) mass is 277 g/mol. The van der Waals surface area contributed by atoms with Gasteiger partial charge in [0.2, 0.25) is 0 Å². The van der Waals surface area contributed by atoms with Gasteiger partial charge in [0.15, 0.2) is 0 Å². The topological polar surface area (TPSA) is 41.5 Å². The van der Waals surface area contributed by atoms with Crippen molar-refractivity contribution in [1.29, 1.82) is 0 Å². The Balaban J connectivity index is 1.70. The third-order valence-corrected chi connectivity index (χ3v) is 4.11. The van der Waals surface area contributed by atoms with E-state index in [0.29, 0.717) is 11.9 Å². The van der Waals surface area contributed by atoms with Gasteiger partial charge in [-0.3, -0.25) is 0 Å². The van der Waals surface area contributed by atoms with E-state index < -0.39 is 0 Å². The van der Waals surface area contributed by atoms with E-state index in [1.807, 2.05) is 25.1 Å². The highest BCUT2D eigenvalue weighted by Gasteiger charge is 2.14. The summed E-state index contributed by atoms with van der Waals surface area (Å²) < 4.78 is 5.89. The van der Waals surface area contributed by atoms with Crippen molar-refractivity contribution in [1.82, 2.24) is 5.32 Å². The summed E-state index contributed by atoms with van der Waals surface area (Å²) in [6.07, 6.45) is 6.88.